The molecule has 1 unspecified atom stereocenters. The van der Waals surface area contributed by atoms with Gasteiger partial charge in [0.05, 0.1) is 0 Å². The van der Waals surface area contributed by atoms with Crippen LogP contribution in [0.25, 0.3) is 0 Å². The molecule has 30 heavy (non-hydrogen) atoms. The molecular formula is C29H52O. The first kappa shape index (κ1) is 24.3. The van der Waals surface area contributed by atoms with Gasteiger partial charge in [0.2, 0.25) is 0 Å². The molecule has 174 valence electrons. The van der Waals surface area contributed by atoms with E-state index in [2.05, 4.69) is 13.8 Å². The Morgan fingerprint density at radius 2 is 1.33 bits per heavy atom. The normalized spacial score (nSPS) is 34.5. The Morgan fingerprint density at radius 3 is 1.93 bits per heavy atom. The summed E-state index contributed by atoms with van der Waals surface area (Å²) in [5.41, 5.74) is 0.366. The Bertz CT molecular complexity index is 461. The lowest BCUT2D eigenvalue weighted by atomic mass is 9.51. The van der Waals surface area contributed by atoms with Crippen molar-refractivity contribution in [3.63, 3.8) is 0 Å². The molecule has 1 nitrogen and oxygen atoms in total. The molecule has 0 saturated heterocycles. The summed E-state index contributed by atoms with van der Waals surface area (Å²) in [7, 11) is 0. The maximum atomic E-state index is 12.7. The summed E-state index contributed by atoms with van der Waals surface area (Å²) in [5, 5.41) is 0. The standard InChI is InChI=1S/C29H52O/c1-3-5-8-12-24-15-17-26(18-16-24)28(23-30)29(27-13-9-7-10-14-27)21-19-25(20-22-29)11-6-4-2/h23-28H,3-22H2,1-2H3. The molecule has 0 N–H and O–H groups in total. The molecule has 1 atom stereocenters. The largest absolute Gasteiger partial charge is 0.303 e. The van der Waals surface area contributed by atoms with Gasteiger partial charge in [-0.2, -0.15) is 0 Å². The lowest BCUT2D eigenvalue weighted by molar-refractivity contribution is -0.125. The third-order valence-corrected chi connectivity index (χ3v) is 9.85. The average molecular weight is 417 g/mol. The van der Waals surface area contributed by atoms with E-state index in [0.717, 1.165) is 17.8 Å². The number of rotatable bonds is 11. The van der Waals surface area contributed by atoms with Gasteiger partial charge >= 0.3 is 0 Å². The van der Waals surface area contributed by atoms with E-state index in [1.807, 2.05) is 0 Å². The van der Waals surface area contributed by atoms with E-state index in [0.29, 0.717) is 17.3 Å². The summed E-state index contributed by atoms with van der Waals surface area (Å²) in [6.45, 7) is 4.64. The molecule has 0 aromatic carbocycles. The van der Waals surface area contributed by atoms with Gasteiger partial charge < -0.3 is 4.79 Å². The van der Waals surface area contributed by atoms with Crippen LogP contribution in [-0.2, 0) is 4.79 Å². The Hall–Kier alpha value is -0.330. The SMILES string of the molecule is CCCCCC1CCC(C(C=O)C2(C3CCCCC3)CCC(CCCC)CC2)CC1. The summed E-state index contributed by atoms with van der Waals surface area (Å²) in [6.07, 6.45) is 29.4. The Labute approximate surface area is 188 Å². The van der Waals surface area contributed by atoms with Crippen LogP contribution in [0, 0.1) is 35.0 Å². The van der Waals surface area contributed by atoms with Gasteiger partial charge in [-0.25, -0.2) is 0 Å². The molecular weight excluding hydrogens is 364 g/mol. The molecule has 1 heteroatoms. The molecule has 3 saturated carbocycles. The average Bonchev–Trinajstić information content (AvgIpc) is 2.81. The van der Waals surface area contributed by atoms with Gasteiger partial charge in [-0.15, -0.1) is 0 Å². The second kappa shape index (κ2) is 12.6. The fourth-order valence-electron chi connectivity index (χ4n) is 7.92. The van der Waals surface area contributed by atoms with Crippen LogP contribution in [0.15, 0.2) is 0 Å². The van der Waals surface area contributed by atoms with Crippen LogP contribution in [0.4, 0.5) is 0 Å². The summed E-state index contributed by atoms with van der Waals surface area (Å²) in [6, 6.07) is 0. The maximum absolute atomic E-state index is 12.7. The van der Waals surface area contributed by atoms with Crippen molar-refractivity contribution >= 4 is 6.29 Å². The first-order valence-corrected chi connectivity index (χ1v) is 14.2. The molecule has 0 aromatic rings. The Morgan fingerprint density at radius 1 is 0.733 bits per heavy atom. The van der Waals surface area contributed by atoms with E-state index in [-0.39, 0.29) is 0 Å². The summed E-state index contributed by atoms with van der Waals surface area (Å²) in [4.78, 5) is 12.7. The minimum absolute atomic E-state index is 0.365. The predicted molar refractivity (Wildman–Crippen MR) is 130 cm³/mol. The third kappa shape index (κ3) is 6.13. The van der Waals surface area contributed by atoms with Crippen molar-refractivity contribution < 1.29 is 4.79 Å². The molecule has 3 aliphatic rings. The summed E-state index contributed by atoms with van der Waals surface area (Å²) in [5.74, 6) is 3.80. The Kier molecular flexibility index (Phi) is 10.2. The van der Waals surface area contributed by atoms with Crippen LogP contribution in [0.1, 0.15) is 142 Å². The van der Waals surface area contributed by atoms with Crippen molar-refractivity contribution in [2.45, 2.75) is 142 Å². The minimum Gasteiger partial charge on any atom is -0.303 e. The van der Waals surface area contributed by atoms with E-state index < -0.39 is 0 Å². The monoisotopic (exact) mass is 416 g/mol. The number of carbonyl (C=O) groups is 1. The number of carbonyl (C=O) groups excluding carboxylic acids is 1. The molecule has 3 aliphatic carbocycles. The van der Waals surface area contributed by atoms with E-state index in [1.54, 1.807) is 0 Å². The number of hydrogen-bond acceptors (Lipinski definition) is 1. The maximum Gasteiger partial charge on any atom is 0.123 e. The Balaban J connectivity index is 1.65. The number of aldehydes is 1. The summed E-state index contributed by atoms with van der Waals surface area (Å²) >= 11 is 0. The molecule has 0 amide bonds. The van der Waals surface area contributed by atoms with E-state index in [4.69, 9.17) is 0 Å². The zero-order valence-corrected chi connectivity index (χ0v) is 20.5. The van der Waals surface area contributed by atoms with E-state index >= 15 is 0 Å². The minimum atomic E-state index is 0.365. The second-order valence-corrected chi connectivity index (χ2v) is 11.6. The molecule has 0 spiro atoms. The van der Waals surface area contributed by atoms with Gasteiger partial charge in [0.25, 0.3) is 0 Å². The zero-order chi connectivity index (χ0) is 21.2. The van der Waals surface area contributed by atoms with E-state index in [9.17, 15) is 4.79 Å². The van der Waals surface area contributed by atoms with Crippen LogP contribution >= 0.6 is 0 Å². The van der Waals surface area contributed by atoms with Crippen LogP contribution < -0.4 is 0 Å². The highest BCUT2D eigenvalue weighted by Gasteiger charge is 2.49. The van der Waals surface area contributed by atoms with Crippen molar-refractivity contribution in [1.82, 2.24) is 0 Å². The van der Waals surface area contributed by atoms with Crippen molar-refractivity contribution in [1.29, 1.82) is 0 Å². The number of unbranched alkanes of at least 4 members (excludes halogenated alkanes) is 3. The first-order chi connectivity index (χ1) is 14.7. The molecule has 0 bridgehead atoms. The fraction of sp³-hybridized carbons (Fsp3) is 0.966. The lowest BCUT2D eigenvalue weighted by Crippen LogP contribution is -2.46. The molecule has 0 heterocycles. The quantitative estimate of drug-likeness (QED) is 0.242. The van der Waals surface area contributed by atoms with Crippen molar-refractivity contribution in [3.05, 3.63) is 0 Å². The highest BCUT2D eigenvalue weighted by Crippen LogP contribution is 2.57. The van der Waals surface area contributed by atoms with Crippen LogP contribution in [0.5, 0.6) is 0 Å². The number of hydrogen-bond donors (Lipinski definition) is 0. The highest BCUT2D eigenvalue weighted by atomic mass is 16.1. The van der Waals surface area contributed by atoms with Crippen LogP contribution in [0.2, 0.25) is 0 Å². The first-order valence-electron chi connectivity index (χ1n) is 14.2. The molecule has 3 fully saturated rings. The highest BCUT2D eigenvalue weighted by molar-refractivity contribution is 5.56. The van der Waals surface area contributed by atoms with Gasteiger partial charge in [-0.05, 0) is 80.5 Å². The van der Waals surface area contributed by atoms with Crippen molar-refractivity contribution in [2.24, 2.45) is 35.0 Å². The van der Waals surface area contributed by atoms with Gasteiger partial charge in [0.15, 0.2) is 0 Å². The summed E-state index contributed by atoms with van der Waals surface area (Å²) < 4.78 is 0. The second-order valence-electron chi connectivity index (χ2n) is 11.6. The van der Waals surface area contributed by atoms with Crippen LogP contribution in [0.3, 0.4) is 0 Å². The topological polar surface area (TPSA) is 17.1 Å². The van der Waals surface area contributed by atoms with Gasteiger partial charge in [0.1, 0.15) is 6.29 Å². The van der Waals surface area contributed by atoms with E-state index in [1.165, 1.54) is 135 Å². The predicted octanol–water partition coefficient (Wildman–Crippen LogP) is 9.14. The third-order valence-electron chi connectivity index (χ3n) is 9.85. The molecule has 3 rings (SSSR count). The van der Waals surface area contributed by atoms with Crippen molar-refractivity contribution in [2.75, 3.05) is 0 Å². The molecule has 0 radical (unpaired) electrons. The smallest absolute Gasteiger partial charge is 0.123 e. The molecule has 0 aliphatic heterocycles. The van der Waals surface area contributed by atoms with Crippen molar-refractivity contribution in [3.8, 4) is 0 Å². The van der Waals surface area contributed by atoms with Gasteiger partial charge in [-0.3, -0.25) is 0 Å². The zero-order valence-electron chi connectivity index (χ0n) is 20.5. The van der Waals surface area contributed by atoms with Gasteiger partial charge in [-0.1, -0.05) is 90.9 Å². The molecule has 0 aromatic heterocycles. The fourth-order valence-corrected chi connectivity index (χ4v) is 7.92. The van der Waals surface area contributed by atoms with Crippen LogP contribution in [-0.4, -0.2) is 6.29 Å². The van der Waals surface area contributed by atoms with Gasteiger partial charge in [0, 0.05) is 5.92 Å². The lowest BCUT2D eigenvalue weighted by Gasteiger charge is -2.53.